The lowest BCUT2D eigenvalue weighted by Crippen LogP contribution is -2.43. The summed E-state index contributed by atoms with van der Waals surface area (Å²) in [4.78, 5) is 0. The second-order valence-corrected chi connectivity index (χ2v) is 5.23. The molecule has 0 aromatic heterocycles. The molecular formula is C14H26O4. The molecule has 2 rings (SSSR count). The molecule has 4 heteroatoms. The van der Waals surface area contributed by atoms with Crippen LogP contribution in [0.1, 0.15) is 26.7 Å². The highest BCUT2D eigenvalue weighted by Gasteiger charge is 2.31. The van der Waals surface area contributed by atoms with Gasteiger partial charge in [-0.15, -0.1) is 0 Å². The predicted molar refractivity (Wildman–Crippen MR) is 68.7 cm³/mol. The van der Waals surface area contributed by atoms with E-state index < -0.39 is 0 Å². The van der Waals surface area contributed by atoms with Crippen molar-refractivity contribution in [1.82, 2.24) is 0 Å². The van der Waals surface area contributed by atoms with E-state index in [1.807, 2.05) is 0 Å². The molecular weight excluding hydrogens is 232 g/mol. The van der Waals surface area contributed by atoms with Gasteiger partial charge in [0.2, 0.25) is 0 Å². The van der Waals surface area contributed by atoms with Crippen LogP contribution in [0.25, 0.3) is 0 Å². The van der Waals surface area contributed by atoms with Gasteiger partial charge in [0.1, 0.15) is 0 Å². The zero-order chi connectivity index (χ0) is 12.8. The lowest BCUT2D eigenvalue weighted by Gasteiger charge is -2.36. The summed E-state index contributed by atoms with van der Waals surface area (Å²) in [5.41, 5.74) is 0. The topological polar surface area (TPSA) is 36.9 Å². The first-order chi connectivity index (χ1) is 8.85. The van der Waals surface area contributed by atoms with Crippen molar-refractivity contribution in [2.75, 3.05) is 39.6 Å². The highest BCUT2D eigenvalue weighted by molar-refractivity contribution is 4.77. The summed E-state index contributed by atoms with van der Waals surface area (Å²) in [6.45, 7) is 8.92. The predicted octanol–water partition coefficient (Wildman–Crippen LogP) is 1.87. The van der Waals surface area contributed by atoms with E-state index in [-0.39, 0.29) is 0 Å². The number of ether oxygens (including phenoxy) is 4. The van der Waals surface area contributed by atoms with Gasteiger partial charge < -0.3 is 18.9 Å². The van der Waals surface area contributed by atoms with E-state index in [0.29, 0.717) is 50.5 Å². The van der Waals surface area contributed by atoms with Crippen molar-refractivity contribution in [2.45, 2.75) is 38.9 Å². The van der Waals surface area contributed by atoms with E-state index in [1.54, 1.807) is 0 Å². The summed E-state index contributed by atoms with van der Waals surface area (Å²) in [6.07, 6.45) is 2.99. The van der Waals surface area contributed by atoms with Gasteiger partial charge in [0.25, 0.3) is 0 Å². The fourth-order valence-corrected chi connectivity index (χ4v) is 2.38. The van der Waals surface area contributed by atoms with Crippen LogP contribution >= 0.6 is 0 Å². The fraction of sp³-hybridized carbons (Fsp3) is 1.00. The maximum absolute atomic E-state index is 5.57. The molecule has 0 aromatic rings. The standard InChI is InChI=1S/C14H26O4/c1-3-11-7-17-13(11)9-15-5-6-16-10-14-12(4-2)8-18-14/h11-14H,3-10H2,1-2H3. The number of rotatable bonds is 9. The minimum atomic E-state index is 0.314. The largest absolute Gasteiger partial charge is 0.376 e. The molecule has 2 aliphatic rings. The van der Waals surface area contributed by atoms with Crippen LogP contribution in [0.4, 0.5) is 0 Å². The molecule has 2 aliphatic heterocycles. The van der Waals surface area contributed by atoms with Crippen molar-refractivity contribution < 1.29 is 18.9 Å². The first-order valence-corrected chi connectivity index (χ1v) is 7.23. The van der Waals surface area contributed by atoms with Gasteiger partial charge in [0, 0.05) is 11.8 Å². The third-order valence-corrected chi connectivity index (χ3v) is 4.09. The van der Waals surface area contributed by atoms with Crippen molar-refractivity contribution in [3.05, 3.63) is 0 Å². The van der Waals surface area contributed by atoms with Crippen molar-refractivity contribution in [3.63, 3.8) is 0 Å². The molecule has 0 bridgehead atoms. The van der Waals surface area contributed by atoms with Gasteiger partial charge >= 0.3 is 0 Å². The quantitative estimate of drug-likeness (QED) is 0.592. The smallest absolute Gasteiger partial charge is 0.0858 e. The normalized spacial score (nSPS) is 35.0. The highest BCUT2D eigenvalue weighted by atomic mass is 16.6. The first kappa shape index (κ1) is 14.3. The third kappa shape index (κ3) is 3.67. The van der Waals surface area contributed by atoms with E-state index in [9.17, 15) is 0 Å². The van der Waals surface area contributed by atoms with Gasteiger partial charge in [-0.05, 0) is 12.8 Å². The molecule has 0 aromatic carbocycles. The Morgan fingerprint density at radius 1 is 0.833 bits per heavy atom. The molecule has 18 heavy (non-hydrogen) atoms. The zero-order valence-corrected chi connectivity index (χ0v) is 11.6. The number of hydrogen-bond donors (Lipinski definition) is 0. The van der Waals surface area contributed by atoms with E-state index in [0.717, 1.165) is 13.2 Å². The summed E-state index contributed by atoms with van der Waals surface area (Å²) in [5, 5.41) is 0. The Morgan fingerprint density at radius 3 is 1.56 bits per heavy atom. The van der Waals surface area contributed by atoms with Crippen LogP contribution in [0.5, 0.6) is 0 Å². The van der Waals surface area contributed by atoms with Gasteiger partial charge in [-0.2, -0.15) is 0 Å². The van der Waals surface area contributed by atoms with Gasteiger partial charge in [-0.1, -0.05) is 13.8 Å². The second-order valence-electron chi connectivity index (χ2n) is 5.23. The van der Waals surface area contributed by atoms with E-state index in [4.69, 9.17) is 18.9 Å². The summed E-state index contributed by atoms with van der Waals surface area (Å²) in [7, 11) is 0. The molecule has 0 N–H and O–H groups in total. The number of hydrogen-bond acceptors (Lipinski definition) is 4. The molecule has 4 unspecified atom stereocenters. The average molecular weight is 258 g/mol. The van der Waals surface area contributed by atoms with Gasteiger partial charge in [-0.25, -0.2) is 0 Å². The maximum atomic E-state index is 5.57. The fourth-order valence-electron chi connectivity index (χ4n) is 2.38. The van der Waals surface area contributed by atoms with E-state index in [2.05, 4.69) is 13.8 Å². The first-order valence-electron chi connectivity index (χ1n) is 7.23. The summed E-state index contributed by atoms with van der Waals surface area (Å²) in [5.74, 6) is 1.39. The summed E-state index contributed by atoms with van der Waals surface area (Å²) < 4.78 is 22.0. The van der Waals surface area contributed by atoms with Crippen molar-refractivity contribution in [2.24, 2.45) is 11.8 Å². The van der Waals surface area contributed by atoms with Crippen LogP contribution in [0.3, 0.4) is 0 Å². The molecule has 0 radical (unpaired) electrons. The second kappa shape index (κ2) is 7.43. The highest BCUT2D eigenvalue weighted by Crippen LogP contribution is 2.24. The summed E-state index contributed by atoms with van der Waals surface area (Å²) >= 11 is 0. The zero-order valence-electron chi connectivity index (χ0n) is 11.6. The molecule has 4 atom stereocenters. The van der Waals surface area contributed by atoms with Crippen LogP contribution in [0, 0.1) is 11.8 Å². The SMILES string of the molecule is CCC1COC1COCCOCC1OCC1CC. The van der Waals surface area contributed by atoms with Gasteiger partial charge in [0.05, 0.1) is 51.8 Å². The molecule has 0 aliphatic carbocycles. The lowest BCUT2D eigenvalue weighted by atomic mass is 9.96. The Morgan fingerprint density at radius 2 is 1.28 bits per heavy atom. The Bertz CT molecular complexity index is 206. The maximum Gasteiger partial charge on any atom is 0.0858 e. The van der Waals surface area contributed by atoms with Gasteiger partial charge in [-0.3, -0.25) is 0 Å². The average Bonchev–Trinajstić information content (AvgIpc) is 2.31. The van der Waals surface area contributed by atoms with Crippen molar-refractivity contribution in [1.29, 1.82) is 0 Å². The summed E-state index contributed by atoms with van der Waals surface area (Å²) in [6, 6.07) is 0. The Kier molecular flexibility index (Phi) is 5.89. The monoisotopic (exact) mass is 258 g/mol. The Labute approximate surface area is 110 Å². The third-order valence-electron chi connectivity index (χ3n) is 4.09. The van der Waals surface area contributed by atoms with E-state index in [1.165, 1.54) is 12.8 Å². The minimum Gasteiger partial charge on any atom is -0.376 e. The molecule has 0 spiro atoms. The lowest BCUT2D eigenvalue weighted by molar-refractivity contribution is -0.160. The van der Waals surface area contributed by atoms with Gasteiger partial charge in [0.15, 0.2) is 0 Å². The van der Waals surface area contributed by atoms with Crippen LogP contribution < -0.4 is 0 Å². The van der Waals surface area contributed by atoms with Crippen molar-refractivity contribution >= 4 is 0 Å². The molecule has 0 amide bonds. The molecule has 2 heterocycles. The van der Waals surface area contributed by atoms with Crippen LogP contribution in [-0.4, -0.2) is 51.8 Å². The van der Waals surface area contributed by atoms with Crippen molar-refractivity contribution in [3.8, 4) is 0 Å². The van der Waals surface area contributed by atoms with Crippen LogP contribution in [-0.2, 0) is 18.9 Å². The Hall–Kier alpha value is -0.160. The molecule has 2 saturated heterocycles. The molecule has 4 nitrogen and oxygen atoms in total. The van der Waals surface area contributed by atoms with Crippen LogP contribution in [0.2, 0.25) is 0 Å². The minimum absolute atomic E-state index is 0.314. The van der Waals surface area contributed by atoms with E-state index >= 15 is 0 Å². The van der Waals surface area contributed by atoms with Crippen LogP contribution in [0.15, 0.2) is 0 Å². The molecule has 0 saturated carbocycles. The molecule has 2 fully saturated rings. The Balaban J connectivity index is 1.40. The molecule has 106 valence electrons.